The molecule has 0 aliphatic heterocycles. The van der Waals surface area contributed by atoms with Gasteiger partial charge in [-0.15, -0.1) is 0 Å². The molecular weight excluding hydrogens is 286 g/mol. The first-order valence-electron chi connectivity index (χ1n) is 7.53. The van der Waals surface area contributed by atoms with Crippen molar-refractivity contribution in [3.05, 3.63) is 11.8 Å². The Morgan fingerprint density at radius 3 is 2.38 bits per heavy atom. The van der Waals surface area contributed by atoms with Crippen molar-refractivity contribution >= 4 is 20.7 Å². The van der Waals surface area contributed by atoms with Gasteiger partial charge in [-0.05, 0) is 38.3 Å². The second-order valence-corrected chi connectivity index (χ2v) is 8.80. The lowest BCUT2D eigenvalue weighted by atomic mass is 9.84. The Hall–Kier alpha value is -1.30. The van der Waals surface area contributed by atoms with Crippen molar-refractivity contribution in [2.45, 2.75) is 59.7 Å². The van der Waals surface area contributed by atoms with Gasteiger partial charge in [-0.3, -0.25) is 0 Å². The molecular formula is C15H27NO4Si. The Kier molecular flexibility index (Phi) is 6.45. The van der Waals surface area contributed by atoms with Crippen LogP contribution in [0.5, 0.6) is 0 Å². The SMILES string of the molecule is CCOC(=O)C(=NOC1CC1)C(=CO[SiH](C)C)C(C)(C)C. The van der Waals surface area contributed by atoms with Crippen molar-refractivity contribution in [2.75, 3.05) is 6.61 Å². The molecule has 0 heterocycles. The normalized spacial score (nSPS) is 16.9. The van der Waals surface area contributed by atoms with Crippen molar-refractivity contribution in [1.29, 1.82) is 0 Å². The van der Waals surface area contributed by atoms with Crippen molar-refractivity contribution in [3.63, 3.8) is 0 Å². The quantitative estimate of drug-likeness (QED) is 0.238. The lowest BCUT2D eigenvalue weighted by Crippen LogP contribution is -2.28. The summed E-state index contributed by atoms with van der Waals surface area (Å²) in [5, 5.41) is 4.06. The van der Waals surface area contributed by atoms with E-state index in [2.05, 4.69) is 18.2 Å². The number of oxime groups is 1. The Morgan fingerprint density at radius 1 is 1.33 bits per heavy atom. The van der Waals surface area contributed by atoms with Gasteiger partial charge in [0.05, 0.1) is 12.9 Å². The third kappa shape index (κ3) is 6.33. The molecule has 1 fully saturated rings. The molecule has 0 aromatic heterocycles. The van der Waals surface area contributed by atoms with Gasteiger partial charge >= 0.3 is 5.97 Å². The first-order chi connectivity index (χ1) is 9.75. The van der Waals surface area contributed by atoms with Gasteiger partial charge in [-0.2, -0.15) is 0 Å². The zero-order valence-electron chi connectivity index (χ0n) is 13.9. The summed E-state index contributed by atoms with van der Waals surface area (Å²) >= 11 is 0. The van der Waals surface area contributed by atoms with Gasteiger partial charge in [0.25, 0.3) is 0 Å². The molecule has 0 unspecified atom stereocenters. The maximum atomic E-state index is 12.2. The monoisotopic (exact) mass is 313 g/mol. The highest BCUT2D eigenvalue weighted by Crippen LogP contribution is 2.29. The largest absolute Gasteiger partial charge is 0.552 e. The molecule has 0 saturated heterocycles. The zero-order chi connectivity index (χ0) is 16.0. The topological polar surface area (TPSA) is 57.1 Å². The maximum Gasteiger partial charge on any atom is 0.360 e. The van der Waals surface area contributed by atoms with Gasteiger partial charge in [0, 0.05) is 5.57 Å². The predicted molar refractivity (Wildman–Crippen MR) is 85.7 cm³/mol. The molecule has 0 aromatic carbocycles. The van der Waals surface area contributed by atoms with E-state index >= 15 is 0 Å². The molecule has 0 radical (unpaired) electrons. The van der Waals surface area contributed by atoms with Crippen LogP contribution in [0.4, 0.5) is 0 Å². The van der Waals surface area contributed by atoms with Crippen LogP contribution in [-0.4, -0.2) is 33.4 Å². The third-order valence-electron chi connectivity index (χ3n) is 2.81. The number of hydrogen-bond acceptors (Lipinski definition) is 5. The Morgan fingerprint density at radius 2 is 1.95 bits per heavy atom. The van der Waals surface area contributed by atoms with Crippen LogP contribution < -0.4 is 0 Å². The smallest absolute Gasteiger partial charge is 0.360 e. The first-order valence-corrected chi connectivity index (χ1v) is 10.3. The highest BCUT2D eigenvalue weighted by atomic mass is 28.3. The number of rotatable bonds is 7. The molecule has 120 valence electrons. The fourth-order valence-electron chi connectivity index (χ4n) is 1.49. The molecule has 21 heavy (non-hydrogen) atoms. The molecule has 1 rings (SSSR count). The third-order valence-corrected chi connectivity index (χ3v) is 3.49. The summed E-state index contributed by atoms with van der Waals surface area (Å²) in [4.78, 5) is 17.6. The van der Waals surface area contributed by atoms with Crippen LogP contribution in [-0.2, 0) is 18.8 Å². The average Bonchev–Trinajstić information content (AvgIpc) is 3.15. The van der Waals surface area contributed by atoms with Crippen molar-refractivity contribution in [2.24, 2.45) is 10.6 Å². The molecule has 1 saturated carbocycles. The molecule has 0 spiro atoms. The van der Waals surface area contributed by atoms with E-state index in [1.165, 1.54) is 0 Å². The average molecular weight is 313 g/mol. The molecule has 5 nitrogen and oxygen atoms in total. The van der Waals surface area contributed by atoms with E-state index in [1.807, 2.05) is 20.8 Å². The summed E-state index contributed by atoms with van der Waals surface area (Å²) in [7, 11) is -1.24. The number of nitrogens with zero attached hydrogens (tertiary/aromatic N) is 1. The zero-order valence-corrected chi connectivity index (χ0v) is 15.1. The van der Waals surface area contributed by atoms with Crippen LogP contribution in [0.25, 0.3) is 0 Å². The number of carbonyl (C=O) groups is 1. The Labute approximate surface area is 129 Å². The minimum Gasteiger partial charge on any atom is -0.552 e. The maximum absolute atomic E-state index is 12.2. The van der Waals surface area contributed by atoms with Gasteiger partial charge < -0.3 is 14.0 Å². The van der Waals surface area contributed by atoms with Gasteiger partial charge in [0.2, 0.25) is 9.04 Å². The van der Waals surface area contributed by atoms with E-state index in [1.54, 1.807) is 13.2 Å². The summed E-state index contributed by atoms with van der Waals surface area (Å²) in [6, 6.07) is 0. The van der Waals surface area contributed by atoms with Crippen LogP contribution in [0, 0.1) is 5.41 Å². The minimum absolute atomic E-state index is 0.135. The molecule has 1 aliphatic carbocycles. The minimum atomic E-state index is -1.24. The van der Waals surface area contributed by atoms with Crippen LogP contribution in [0.2, 0.25) is 13.1 Å². The lowest BCUT2D eigenvalue weighted by molar-refractivity contribution is -0.135. The van der Waals surface area contributed by atoms with E-state index in [0.717, 1.165) is 12.8 Å². The predicted octanol–water partition coefficient (Wildman–Crippen LogP) is 3.01. The fourth-order valence-corrected chi connectivity index (χ4v) is 1.90. The second-order valence-electron chi connectivity index (χ2n) is 6.43. The van der Waals surface area contributed by atoms with Crippen molar-refractivity contribution < 1.29 is 18.8 Å². The second kappa shape index (κ2) is 7.63. The van der Waals surface area contributed by atoms with Gasteiger partial charge in [-0.1, -0.05) is 25.9 Å². The first kappa shape index (κ1) is 17.7. The molecule has 1 aliphatic rings. The molecule has 0 atom stereocenters. The molecule has 6 heteroatoms. The van der Waals surface area contributed by atoms with Crippen LogP contribution in [0.3, 0.4) is 0 Å². The van der Waals surface area contributed by atoms with Crippen LogP contribution >= 0.6 is 0 Å². The Balaban J connectivity index is 3.05. The van der Waals surface area contributed by atoms with Gasteiger partial charge in [0.1, 0.15) is 6.10 Å². The number of hydrogen-bond donors (Lipinski definition) is 0. The van der Waals surface area contributed by atoms with E-state index < -0.39 is 15.0 Å². The van der Waals surface area contributed by atoms with E-state index in [0.29, 0.717) is 12.2 Å². The molecule has 0 N–H and O–H groups in total. The van der Waals surface area contributed by atoms with E-state index in [-0.39, 0.29) is 17.2 Å². The summed E-state index contributed by atoms with van der Waals surface area (Å²) in [5.41, 5.74) is 0.635. The summed E-state index contributed by atoms with van der Waals surface area (Å²) < 4.78 is 10.8. The van der Waals surface area contributed by atoms with Gasteiger partial charge in [0.15, 0.2) is 5.71 Å². The van der Waals surface area contributed by atoms with Gasteiger partial charge in [-0.25, -0.2) is 4.79 Å². The van der Waals surface area contributed by atoms with Crippen molar-refractivity contribution in [1.82, 2.24) is 0 Å². The Bertz CT molecular complexity index is 420. The van der Waals surface area contributed by atoms with Crippen LogP contribution in [0.15, 0.2) is 17.0 Å². The highest BCUT2D eigenvalue weighted by Gasteiger charge is 2.31. The standard InChI is InChI=1S/C15H27NO4Si/c1-7-18-14(17)13(16-20-11-8-9-11)12(15(2,3)4)10-19-21(5)6/h10-11,21H,7-9H2,1-6H3. The fraction of sp³-hybridized carbons (Fsp3) is 0.733. The molecule has 0 bridgehead atoms. The van der Waals surface area contributed by atoms with E-state index in [4.69, 9.17) is 14.0 Å². The van der Waals surface area contributed by atoms with Crippen LogP contribution in [0.1, 0.15) is 40.5 Å². The molecule has 0 amide bonds. The number of carbonyl (C=O) groups excluding carboxylic acids is 1. The highest BCUT2D eigenvalue weighted by molar-refractivity contribution is 6.49. The van der Waals surface area contributed by atoms with E-state index in [9.17, 15) is 4.79 Å². The number of ether oxygens (including phenoxy) is 1. The number of esters is 1. The molecule has 0 aromatic rings. The van der Waals surface area contributed by atoms with Crippen molar-refractivity contribution in [3.8, 4) is 0 Å². The lowest BCUT2D eigenvalue weighted by Gasteiger charge is -2.23. The summed E-state index contributed by atoms with van der Waals surface area (Å²) in [5.74, 6) is -0.464. The summed E-state index contributed by atoms with van der Waals surface area (Å²) in [6.45, 7) is 12.2. The summed E-state index contributed by atoms with van der Waals surface area (Å²) in [6.07, 6.45) is 3.77.